The monoisotopic (exact) mass is 299 g/mol. The van der Waals surface area contributed by atoms with E-state index >= 15 is 0 Å². The minimum absolute atomic E-state index is 0.00468. The molecule has 0 spiro atoms. The number of benzene rings is 1. The van der Waals surface area contributed by atoms with E-state index in [-0.39, 0.29) is 11.7 Å². The van der Waals surface area contributed by atoms with Gasteiger partial charge in [0.1, 0.15) is 11.5 Å². The third-order valence-electron chi connectivity index (χ3n) is 2.92. The van der Waals surface area contributed by atoms with Gasteiger partial charge in [0.25, 0.3) is 5.69 Å². The van der Waals surface area contributed by atoms with E-state index in [1.807, 2.05) is 25.9 Å². The van der Waals surface area contributed by atoms with Crippen molar-refractivity contribution in [2.45, 2.75) is 19.4 Å². The molecule has 7 nitrogen and oxygen atoms in total. The van der Waals surface area contributed by atoms with Crippen LogP contribution >= 0.6 is 0 Å². The number of rotatable bonds is 7. The van der Waals surface area contributed by atoms with Crippen molar-refractivity contribution < 1.29 is 19.2 Å². The average Bonchev–Trinajstić information content (AvgIpc) is 2.37. The van der Waals surface area contributed by atoms with Crippen LogP contribution in [0.1, 0.15) is 23.7 Å². The van der Waals surface area contributed by atoms with Crippen LogP contribution in [0, 0.1) is 15.9 Å². The Hall–Kier alpha value is -2.22. The van der Waals surface area contributed by atoms with E-state index in [4.69, 9.17) is 5.11 Å². The minimum Gasteiger partial charge on any atom is -0.478 e. The topological polar surface area (TPSA) is 95.7 Å². The lowest BCUT2D eigenvalue weighted by Gasteiger charge is -2.18. The second-order valence-corrected chi connectivity index (χ2v) is 5.05. The number of carbonyl (C=O) groups is 1. The van der Waals surface area contributed by atoms with Crippen LogP contribution < -0.4 is 5.32 Å². The molecule has 0 fully saturated rings. The Morgan fingerprint density at radius 3 is 2.62 bits per heavy atom. The lowest BCUT2D eigenvalue weighted by molar-refractivity contribution is -0.384. The van der Waals surface area contributed by atoms with Gasteiger partial charge < -0.3 is 15.3 Å². The first kappa shape index (κ1) is 16.8. The molecule has 116 valence electrons. The van der Waals surface area contributed by atoms with E-state index < -0.39 is 28.0 Å². The van der Waals surface area contributed by atoms with Crippen LogP contribution in [0.25, 0.3) is 0 Å². The van der Waals surface area contributed by atoms with Crippen LogP contribution in [0.5, 0.6) is 0 Å². The van der Waals surface area contributed by atoms with Gasteiger partial charge in [-0.2, -0.15) is 0 Å². The van der Waals surface area contributed by atoms with Gasteiger partial charge in [-0.05, 0) is 40.1 Å². The maximum atomic E-state index is 13.5. The predicted octanol–water partition coefficient (Wildman–Crippen LogP) is 2.18. The van der Waals surface area contributed by atoms with Crippen molar-refractivity contribution in [3.8, 4) is 0 Å². The first-order chi connectivity index (χ1) is 9.72. The quantitative estimate of drug-likeness (QED) is 0.592. The van der Waals surface area contributed by atoms with Crippen molar-refractivity contribution in [2.75, 3.05) is 26.0 Å². The predicted molar refractivity (Wildman–Crippen MR) is 76.3 cm³/mol. The molecule has 1 unspecified atom stereocenters. The Kier molecular flexibility index (Phi) is 5.60. The summed E-state index contributed by atoms with van der Waals surface area (Å²) in [6.45, 7) is 2.58. The fraction of sp³-hybridized carbons (Fsp3) is 0.462. The second-order valence-electron chi connectivity index (χ2n) is 5.05. The van der Waals surface area contributed by atoms with E-state index in [1.165, 1.54) is 0 Å². The van der Waals surface area contributed by atoms with Crippen molar-refractivity contribution in [3.05, 3.63) is 33.6 Å². The van der Waals surface area contributed by atoms with Gasteiger partial charge in [0.05, 0.1) is 16.6 Å². The highest BCUT2D eigenvalue weighted by Gasteiger charge is 2.22. The Morgan fingerprint density at radius 1 is 1.52 bits per heavy atom. The number of nitrogens with one attached hydrogen (secondary N) is 1. The number of anilines is 1. The Balaban J connectivity index is 3.05. The molecule has 0 saturated carbocycles. The zero-order chi connectivity index (χ0) is 16.2. The highest BCUT2D eigenvalue weighted by molar-refractivity contribution is 5.90. The van der Waals surface area contributed by atoms with Crippen molar-refractivity contribution in [2.24, 2.45) is 0 Å². The van der Waals surface area contributed by atoms with Crippen LogP contribution in [0.3, 0.4) is 0 Å². The molecule has 8 heteroatoms. The third kappa shape index (κ3) is 4.67. The fourth-order valence-corrected chi connectivity index (χ4v) is 1.78. The molecular weight excluding hydrogens is 281 g/mol. The van der Waals surface area contributed by atoms with Gasteiger partial charge in [0, 0.05) is 6.04 Å². The number of hydrogen-bond acceptors (Lipinski definition) is 5. The molecule has 0 aliphatic heterocycles. The zero-order valence-corrected chi connectivity index (χ0v) is 12.1. The molecule has 1 atom stereocenters. The van der Waals surface area contributed by atoms with E-state index in [9.17, 15) is 19.3 Å². The molecule has 0 saturated heterocycles. The molecule has 0 aliphatic rings. The first-order valence-electron chi connectivity index (χ1n) is 6.35. The van der Waals surface area contributed by atoms with E-state index in [2.05, 4.69) is 5.32 Å². The SMILES string of the molecule is CC(CCN(C)C)Nc1cc(C(=O)O)c(F)cc1[N+](=O)[O-]. The maximum Gasteiger partial charge on any atom is 0.338 e. The van der Waals surface area contributed by atoms with Gasteiger partial charge in [0.15, 0.2) is 0 Å². The maximum absolute atomic E-state index is 13.5. The standard InChI is InChI=1S/C13H18FN3O4/c1-8(4-5-16(2)3)15-11-6-9(13(18)19)10(14)7-12(11)17(20)21/h6-8,15H,4-5H2,1-3H3,(H,18,19). The van der Waals surface area contributed by atoms with E-state index in [1.54, 1.807) is 0 Å². The van der Waals surface area contributed by atoms with Crippen molar-refractivity contribution in [3.63, 3.8) is 0 Å². The number of nitro benzene ring substituents is 1. The number of halogens is 1. The van der Waals surface area contributed by atoms with Crippen LogP contribution in [-0.4, -0.2) is 47.6 Å². The summed E-state index contributed by atoms with van der Waals surface area (Å²) in [4.78, 5) is 23.1. The van der Waals surface area contributed by atoms with E-state index in [0.717, 1.165) is 12.6 Å². The lowest BCUT2D eigenvalue weighted by Crippen LogP contribution is -2.23. The Morgan fingerprint density at radius 2 is 2.14 bits per heavy atom. The molecule has 0 radical (unpaired) electrons. The number of carboxylic acid groups (broad SMARTS) is 1. The number of nitrogens with zero attached hydrogens (tertiary/aromatic N) is 2. The molecule has 0 heterocycles. The summed E-state index contributed by atoms with van der Waals surface area (Å²) in [5, 5.41) is 22.7. The summed E-state index contributed by atoms with van der Waals surface area (Å²) in [6.07, 6.45) is 0.698. The largest absolute Gasteiger partial charge is 0.478 e. The summed E-state index contributed by atoms with van der Waals surface area (Å²) < 4.78 is 13.5. The molecule has 0 bridgehead atoms. The summed E-state index contributed by atoms with van der Waals surface area (Å²) in [7, 11) is 3.80. The summed E-state index contributed by atoms with van der Waals surface area (Å²) >= 11 is 0. The van der Waals surface area contributed by atoms with Crippen LogP contribution in [0.15, 0.2) is 12.1 Å². The highest BCUT2D eigenvalue weighted by Crippen LogP contribution is 2.28. The molecule has 1 rings (SSSR count). The summed E-state index contributed by atoms with van der Waals surface area (Å²) in [6, 6.07) is 1.46. The highest BCUT2D eigenvalue weighted by atomic mass is 19.1. The second kappa shape index (κ2) is 6.98. The Labute approximate surface area is 121 Å². The van der Waals surface area contributed by atoms with Crippen molar-refractivity contribution in [1.29, 1.82) is 0 Å². The third-order valence-corrected chi connectivity index (χ3v) is 2.92. The summed E-state index contributed by atoms with van der Waals surface area (Å²) in [5.74, 6) is -2.59. The van der Waals surface area contributed by atoms with Gasteiger partial charge in [-0.25, -0.2) is 9.18 Å². The van der Waals surface area contributed by atoms with Crippen LogP contribution in [0.2, 0.25) is 0 Å². The number of hydrogen-bond donors (Lipinski definition) is 2. The average molecular weight is 299 g/mol. The van der Waals surface area contributed by atoms with Gasteiger partial charge >= 0.3 is 5.97 Å². The van der Waals surface area contributed by atoms with Gasteiger partial charge in [-0.15, -0.1) is 0 Å². The fourth-order valence-electron chi connectivity index (χ4n) is 1.78. The number of aromatic carboxylic acids is 1. The lowest BCUT2D eigenvalue weighted by atomic mass is 10.1. The number of nitro groups is 1. The molecule has 1 aromatic rings. The van der Waals surface area contributed by atoms with Gasteiger partial charge in [0.2, 0.25) is 0 Å². The summed E-state index contributed by atoms with van der Waals surface area (Å²) in [5.41, 5.74) is -1.07. The Bertz CT molecular complexity index is 548. The van der Waals surface area contributed by atoms with Crippen LogP contribution in [0.4, 0.5) is 15.8 Å². The normalized spacial score (nSPS) is 12.2. The molecule has 0 aliphatic carbocycles. The van der Waals surface area contributed by atoms with Crippen LogP contribution in [-0.2, 0) is 0 Å². The zero-order valence-electron chi connectivity index (χ0n) is 12.1. The van der Waals surface area contributed by atoms with Crippen molar-refractivity contribution in [1.82, 2.24) is 4.90 Å². The van der Waals surface area contributed by atoms with E-state index in [0.29, 0.717) is 12.5 Å². The molecule has 21 heavy (non-hydrogen) atoms. The number of carboxylic acids is 1. The van der Waals surface area contributed by atoms with Gasteiger partial charge in [-0.3, -0.25) is 10.1 Å². The first-order valence-corrected chi connectivity index (χ1v) is 6.35. The molecule has 0 amide bonds. The minimum atomic E-state index is -1.47. The molecule has 0 aromatic heterocycles. The van der Waals surface area contributed by atoms with Crippen molar-refractivity contribution >= 4 is 17.3 Å². The van der Waals surface area contributed by atoms with Gasteiger partial charge in [-0.1, -0.05) is 0 Å². The molecular formula is C13H18FN3O4. The molecule has 1 aromatic carbocycles. The molecule has 2 N–H and O–H groups in total. The smallest absolute Gasteiger partial charge is 0.338 e.